The zero-order valence-corrected chi connectivity index (χ0v) is 16.6. The summed E-state index contributed by atoms with van der Waals surface area (Å²) in [5.41, 5.74) is 1.60. The van der Waals surface area contributed by atoms with E-state index in [4.69, 9.17) is 4.42 Å². The lowest BCUT2D eigenvalue weighted by molar-refractivity contribution is 0.0960. The Morgan fingerprint density at radius 1 is 1.04 bits per heavy atom. The molecule has 0 saturated carbocycles. The summed E-state index contributed by atoms with van der Waals surface area (Å²) in [5, 5.41) is 4.95. The highest BCUT2D eigenvalue weighted by Gasteiger charge is 2.29. The minimum Gasteiger partial charge on any atom is -0.438 e. The molecule has 9 heteroatoms. The van der Waals surface area contributed by atoms with Crippen LogP contribution >= 0.6 is 0 Å². The molecule has 1 aromatic carbocycles. The van der Waals surface area contributed by atoms with Crippen molar-refractivity contribution in [3.8, 4) is 0 Å². The summed E-state index contributed by atoms with van der Waals surface area (Å²) in [6.07, 6.45) is 2.63. The monoisotopic (exact) mass is 405 g/mol. The molecule has 2 aromatic rings. The van der Waals surface area contributed by atoms with Crippen molar-refractivity contribution < 1.29 is 22.4 Å². The van der Waals surface area contributed by atoms with Crippen LogP contribution in [0.15, 0.2) is 39.8 Å². The lowest BCUT2D eigenvalue weighted by atomic mass is 10.1. The van der Waals surface area contributed by atoms with E-state index in [1.54, 1.807) is 25.1 Å². The van der Waals surface area contributed by atoms with Crippen LogP contribution in [0.4, 0.5) is 5.69 Å². The first-order valence-corrected chi connectivity index (χ1v) is 10.5. The molecule has 0 aliphatic carbocycles. The zero-order valence-electron chi connectivity index (χ0n) is 15.8. The van der Waals surface area contributed by atoms with E-state index in [0.29, 0.717) is 24.3 Å². The third-order valence-corrected chi connectivity index (χ3v) is 6.46. The Bertz CT molecular complexity index is 991. The van der Waals surface area contributed by atoms with Gasteiger partial charge in [0.25, 0.3) is 21.8 Å². The fraction of sp³-hybridized carbons (Fsp3) is 0.368. The van der Waals surface area contributed by atoms with Crippen LogP contribution in [-0.2, 0) is 10.0 Å². The van der Waals surface area contributed by atoms with Crippen molar-refractivity contribution in [2.24, 2.45) is 0 Å². The number of hydrogen-bond donors (Lipinski definition) is 2. The molecule has 28 heavy (non-hydrogen) atoms. The van der Waals surface area contributed by atoms with Gasteiger partial charge in [-0.05, 0) is 49.6 Å². The minimum atomic E-state index is -3.74. The molecule has 150 valence electrons. The fourth-order valence-corrected chi connectivity index (χ4v) is 4.47. The van der Waals surface area contributed by atoms with Crippen LogP contribution in [-0.4, -0.2) is 44.7 Å². The number of sulfonamides is 1. The van der Waals surface area contributed by atoms with E-state index >= 15 is 0 Å². The summed E-state index contributed by atoms with van der Waals surface area (Å²) >= 11 is 0. The Kier molecular flexibility index (Phi) is 5.85. The molecule has 1 aliphatic rings. The molecule has 1 aromatic heterocycles. The number of amides is 2. The van der Waals surface area contributed by atoms with Gasteiger partial charge in [-0.25, -0.2) is 8.42 Å². The summed E-state index contributed by atoms with van der Waals surface area (Å²) in [6.45, 7) is 2.70. The van der Waals surface area contributed by atoms with Gasteiger partial charge in [0.1, 0.15) is 0 Å². The second-order valence-electron chi connectivity index (χ2n) is 6.65. The predicted molar refractivity (Wildman–Crippen MR) is 104 cm³/mol. The molecule has 0 spiro atoms. The first kappa shape index (κ1) is 20.1. The third kappa shape index (κ3) is 4.10. The number of aryl methyl sites for hydroxylation is 1. The Morgan fingerprint density at radius 3 is 2.43 bits per heavy atom. The summed E-state index contributed by atoms with van der Waals surface area (Å²) in [7, 11) is -2.22. The van der Waals surface area contributed by atoms with Gasteiger partial charge in [0.05, 0.1) is 0 Å². The van der Waals surface area contributed by atoms with E-state index in [0.717, 1.165) is 24.8 Å². The molecular formula is C19H23N3O5S. The van der Waals surface area contributed by atoms with Crippen LogP contribution < -0.4 is 10.6 Å². The molecule has 0 bridgehead atoms. The summed E-state index contributed by atoms with van der Waals surface area (Å²) in [5.74, 6) is -0.971. The second-order valence-corrected chi connectivity index (χ2v) is 8.52. The lowest BCUT2D eigenvalue weighted by Gasteiger charge is -2.24. The highest BCUT2D eigenvalue weighted by atomic mass is 32.2. The normalized spacial score (nSPS) is 15.2. The van der Waals surface area contributed by atoms with Gasteiger partial charge >= 0.3 is 0 Å². The van der Waals surface area contributed by atoms with Gasteiger partial charge in [-0.2, -0.15) is 4.31 Å². The third-order valence-electron chi connectivity index (χ3n) is 4.69. The maximum Gasteiger partial charge on any atom is 0.291 e. The number of benzene rings is 1. The molecule has 8 nitrogen and oxygen atoms in total. The highest BCUT2D eigenvalue weighted by Crippen LogP contribution is 2.24. The SMILES string of the molecule is CNC(=O)c1ccc(C)c(NC(=O)c2ccc(S(=O)(=O)N3CCCCC3)o2)c1. The average Bonchev–Trinajstić information content (AvgIpc) is 3.21. The van der Waals surface area contributed by atoms with Crippen LogP contribution in [0.25, 0.3) is 0 Å². The molecule has 0 atom stereocenters. The van der Waals surface area contributed by atoms with Gasteiger partial charge in [-0.1, -0.05) is 12.5 Å². The molecule has 2 amide bonds. The van der Waals surface area contributed by atoms with E-state index in [-0.39, 0.29) is 16.8 Å². The summed E-state index contributed by atoms with van der Waals surface area (Å²) in [4.78, 5) is 24.3. The van der Waals surface area contributed by atoms with Gasteiger partial charge in [0.2, 0.25) is 5.09 Å². The Hall–Kier alpha value is -2.65. The molecule has 1 aliphatic heterocycles. The van der Waals surface area contributed by atoms with Crippen molar-refractivity contribution in [3.05, 3.63) is 47.2 Å². The van der Waals surface area contributed by atoms with E-state index in [9.17, 15) is 18.0 Å². The van der Waals surface area contributed by atoms with E-state index < -0.39 is 15.9 Å². The quantitative estimate of drug-likeness (QED) is 0.794. The molecule has 3 rings (SSSR count). The average molecular weight is 405 g/mol. The van der Waals surface area contributed by atoms with Gasteiger partial charge in [-0.15, -0.1) is 0 Å². The molecular weight excluding hydrogens is 382 g/mol. The van der Waals surface area contributed by atoms with E-state index in [1.807, 2.05) is 0 Å². The van der Waals surface area contributed by atoms with Crippen LogP contribution in [0.5, 0.6) is 0 Å². The number of anilines is 1. The van der Waals surface area contributed by atoms with Crippen molar-refractivity contribution in [1.29, 1.82) is 0 Å². The largest absolute Gasteiger partial charge is 0.438 e. The first-order valence-electron chi connectivity index (χ1n) is 9.07. The Labute approximate surface area is 164 Å². The Balaban J connectivity index is 1.79. The standard InChI is InChI=1S/C19H23N3O5S/c1-13-6-7-14(18(23)20-2)12-15(13)21-19(24)16-8-9-17(27-16)28(25,26)22-10-4-3-5-11-22/h6-9,12H,3-5,10-11H2,1-2H3,(H,20,23)(H,21,24). The van der Waals surface area contributed by atoms with Gasteiger partial charge in [0, 0.05) is 31.4 Å². The number of nitrogens with one attached hydrogen (secondary N) is 2. The van der Waals surface area contributed by atoms with Crippen molar-refractivity contribution in [3.63, 3.8) is 0 Å². The van der Waals surface area contributed by atoms with Crippen molar-refractivity contribution in [2.45, 2.75) is 31.3 Å². The van der Waals surface area contributed by atoms with Crippen LogP contribution in [0.3, 0.4) is 0 Å². The van der Waals surface area contributed by atoms with Crippen molar-refractivity contribution in [1.82, 2.24) is 9.62 Å². The Morgan fingerprint density at radius 2 is 1.75 bits per heavy atom. The zero-order chi connectivity index (χ0) is 20.3. The van der Waals surface area contributed by atoms with Crippen LogP contribution in [0, 0.1) is 6.92 Å². The van der Waals surface area contributed by atoms with Gasteiger partial charge < -0.3 is 15.1 Å². The predicted octanol–water partition coefficient (Wildman–Crippen LogP) is 2.37. The topological polar surface area (TPSA) is 109 Å². The van der Waals surface area contributed by atoms with E-state index in [2.05, 4.69) is 10.6 Å². The summed E-state index contributed by atoms with van der Waals surface area (Å²) in [6, 6.07) is 7.56. The number of piperidine rings is 1. The molecule has 0 radical (unpaired) electrons. The molecule has 2 N–H and O–H groups in total. The first-order chi connectivity index (χ1) is 13.3. The van der Waals surface area contributed by atoms with Crippen LogP contribution in [0.1, 0.15) is 45.7 Å². The van der Waals surface area contributed by atoms with Crippen molar-refractivity contribution >= 4 is 27.5 Å². The van der Waals surface area contributed by atoms with Crippen molar-refractivity contribution in [2.75, 3.05) is 25.5 Å². The van der Waals surface area contributed by atoms with Gasteiger partial charge in [-0.3, -0.25) is 9.59 Å². The second kappa shape index (κ2) is 8.15. The number of carbonyl (C=O) groups excluding carboxylic acids is 2. The molecule has 0 unspecified atom stereocenters. The number of nitrogens with zero attached hydrogens (tertiary/aromatic N) is 1. The molecule has 1 saturated heterocycles. The number of hydrogen-bond acceptors (Lipinski definition) is 5. The number of carbonyl (C=O) groups is 2. The highest BCUT2D eigenvalue weighted by molar-refractivity contribution is 7.89. The molecule has 2 heterocycles. The lowest BCUT2D eigenvalue weighted by Crippen LogP contribution is -2.35. The smallest absolute Gasteiger partial charge is 0.291 e. The maximum atomic E-state index is 12.6. The number of rotatable bonds is 5. The number of furan rings is 1. The fourth-order valence-electron chi connectivity index (χ4n) is 3.04. The van der Waals surface area contributed by atoms with Gasteiger partial charge in [0.15, 0.2) is 5.76 Å². The van der Waals surface area contributed by atoms with Crippen LogP contribution in [0.2, 0.25) is 0 Å². The maximum absolute atomic E-state index is 12.6. The summed E-state index contributed by atoms with van der Waals surface area (Å²) < 4.78 is 32.0. The molecule has 1 fully saturated rings. The van der Waals surface area contributed by atoms with E-state index in [1.165, 1.54) is 23.5 Å². The minimum absolute atomic E-state index is 0.111.